The minimum atomic E-state index is 0.0474. The lowest BCUT2D eigenvalue weighted by Gasteiger charge is -2.05. The summed E-state index contributed by atoms with van der Waals surface area (Å²) in [6, 6.07) is 1.87. The van der Waals surface area contributed by atoms with Gasteiger partial charge in [-0.3, -0.25) is 4.79 Å². The number of rotatable bonds is 9. The Labute approximate surface area is 109 Å². The zero-order valence-electron chi connectivity index (χ0n) is 11.5. The molecule has 0 bridgehead atoms. The van der Waals surface area contributed by atoms with Crippen LogP contribution in [0, 0.1) is 5.92 Å². The highest BCUT2D eigenvalue weighted by molar-refractivity contribution is 5.97. The van der Waals surface area contributed by atoms with Crippen LogP contribution < -0.4 is 0 Å². The number of hydrogen-bond acceptors (Lipinski definition) is 3. The molecule has 0 radical (unpaired) electrons. The average Bonchev–Trinajstić information content (AvgIpc) is 2.81. The van der Waals surface area contributed by atoms with Crippen molar-refractivity contribution < 1.29 is 14.3 Å². The van der Waals surface area contributed by atoms with Crippen molar-refractivity contribution >= 4 is 5.78 Å². The van der Waals surface area contributed by atoms with Crippen molar-refractivity contribution in [2.75, 3.05) is 26.9 Å². The van der Waals surface area contributed by atoms with Crippen LogP contribution in [0.25, 0.3) is 0 Å². The summed E-state index contributed by atoms with van der Waals surface area (Å²) in [6.45, 7) is 6.71. The number of nitrogens with zero attached hydrogens (tertiary/aromatic N) is 1. The second kappa shape index (κ2) is 8.06. The van der Waals surface area contributed by atoms with Crippen LogP contribution in [-0.4, -0.2) is 37.3 Å². The van der Waals surface area contributed by atoms with Crippen molar-refractivity contribution in [1.82, 2.24) is 4.57 Å². The molecular formula is C14H23NO3. The normalized spacial score (nSPS) is 11.1. The molecule has 0 N–H and O–H groups in total. The van der Waals surface area contributed by atoms with Gasteiger partial charge in [-0.25, -0.2) is 0 Å². The summed E-state index contributed by atoms with van der Waals surface area (Å²) in [7, 11) is 1.69. The number of aromatic nitrogens is 1. The lowest BCUT2D eigenvalue weighted by atomic mass is 10.0. The first kappa shape index (κ1) is 14.9. The summed E-state index contributed by atoms with van der Waals surface area (Å²) >= 11 is 0. The molecule has 1 aromatic rings. The fourth-order valence-corrected chi connectivity index (χ4v) is 1.64. The highest BCUT2D eigenvalue weighted by atomic mass is 16.5. The molecule has 0 aromatic carbocycles. The molecule has 0 atom stereocenters. The molecule has 0 unspecified atom stereocenters. The van der Waals surface area contributed by atoms with E-state index in [2.05, 4.69) is 0 Å². The number of methoxy groups -OCH3 is 1. The molecule has 4 nitrogen and oxygen atoms in total. The van der Waals surface area contributed by atoms with E-state index in [4.69, 9.17) is 9.47 Å². The van der Waals surface area contributed by atoms with Crippen LogP contribution in [0.15, 0.2) is 18.5 Å². The van der Waals surface area contributed by atoms with Crippen molar-refractivity contribution in [3.8, 4) is 0 Å². The Morgan fingerprint density at radius 3 is 2.78 bits per heavy atom. The van der Waals surface area contributed by atoms with Crippen LogP contribution in [0.5, 0.6) is 0 Å². The number of carbonyl (C=O) groups excluding carboxylic acids is 1. The van der Waals surface area contributed by atoms with E-state index in [1.807, 2.05) is 36.9 Å². The Kier molecular flexibility index (Phi) is 6.68. The molecule has 18 heavy (non-hydrogen) atoms. The standard InChI is InChI=1S/C14H23NO3/c1-12(2)14(16)13-5-6-15(11-13)7-10-18-9-4-8-17-3/h5-6,11-12H,4,7-10H2,1-3H3. The van der Waals surface area contributed by atoms with Gasteiger partial charge in [0.1, 0.15) is 0 Å². The average molecular weight is 253 g/mol. The summed E-state index contributed by atoms with van der Waals surface area (Å²) in [5.74, 6) is 0.237. The molecule has 0 saturated heterocycles. The van der Waals surface area contributed by atoms with Gasteiger partial charge in [0.2, 0.25) is 0 Å². The van der Waals surface area contributed by atoms with Crippen molar-refractivity contribution in [3.05, 3.63) is 24.0 Å². The predicted molar refractivity (Wildman–Crippen MR) is 70.9 cm³/mol. The number of ketones is 1. The van der Waals surface area contributed by atoms with Crippen molar-refractivity contribution in [1.29, 1.82) is 0 Å². The SMILES string of the molecule is COCCCOCCn1ccc(C(=O)C(C)C)c1. The van der Waals surface area contributed by atoms with E-state index in [1.54, 1.807) is 7.11 Å². The van der Waals surface area contributed by atoms with Gasteiger partial charge >= 0.3 is 0 Å². The van der Waals surface area contributed by atoms with Gasteiger partial charge in [0.15, 0.2) is 5.78 Å². The first-order valence-electron chi connectivity index (χ1n) is 6.42. The maximum Gasteiger partial charge on any atom is 0.166 e. The van der Waals surface area contributed by atoms with E-state index >= 15 is 0 Å². The maximum absolute atomic E-state index is 11.7. The molecule has 4 heteroatoms. The Morgan fingerprint density at radius 1 is 1.33 bits per heavy atom. The van der Waals surface area contributed by atoms with Gasteiger partial charge in [-0.05, 0) is 12.5 Å². The van der Waals surface area contributed by atoms with E-state index in [0.717, 1.165) is 25.1 Å². The minimum absolute atomic E-state index is 0.0474. The topological polar surface area (TPSA) is 40.5 Å². The van der Waals surface area contributed by atoms with Crippen molar-refractivity contribution in [2.45, 2.75) is 26.8 Å². The maximum atomic E-state index is 11.7. The second-order valence-electron chi connectivity index (χ2n) is 4.62. The fraction of sp³-hybridized carbons (Fsp3) is 0.643. The molecule has 0 aliphatic heterocycles. The molecule has 0 spiro atoms. The molecule has 0 aliphatic rings. The lowest BCUT2D eigenvalue weighted by Crippen LogP contribution is -2.08. The smallest absolute Gasteiger partial charge is 0.166 e. The zero-order valence-corrected chi connectivity index (χ0v) is 11.5. The van der Waals surface area contributed by atoms with E-state index < -0.39 is 0 Å². The largest absolute Gasteiger partial charge is 0.385 e. The third-order valence-electron chi connectivity index (χ3n) is 2.69. The molecule has 0 aliphatic carbocycles. The van der Waals surface area contributed by atoms with Crippen molar-refractivity contribution in [3.63, 3.8) is 0 Å². The van der Waals surface area contributed by atoms with Gasteiger partial charge < -0.3 is 14.0 Å². The number of hydrogen-bond donors (Lipinski definition) is 0. The van der Waals surface area contributed by atoms with Crippen LogP contribution >= 0.6 is 0 Å². The van der Waals surface area contributed by atoms with E-state index in [9.17, 15) is 4.79 Å². The summed E-state index contributed by atoms with van der Waals surface area (Å²) in [5.41, 5.74) is 0.782. The van der Waals surface area contributed by atoms with Gasteiger partial charge in [-0.15, -0.1) is 0 Å². The van der Waals surface area contributed by atoms with Gasteiger partial charge in [0.25, 0.3) is 0 Å². The molecule has 1 heterocycles. The van der Waals surface area contributed by atoms with E-state index in [1.165, 1.54) is 0 Å². The third kappa shape index (κ3) is 5.02. The molecular weight excluding hydrogens is 230 g/mol. The van der Waals surface area contributed by atoms with Gasteiger partial charge in [0, 0.05) is 50.7 Å². The van der Waals surface area contributed by atoms with E-state index in [-0.39, 0.29) is 11.7 Å². The lowest BCUT2D eigenvalue weighted by molar-refractivity contribution is 0.0935. The van der Waals surface area contributed by atoms with Crippen LogP contribution in [0.1, 0.15) is 30.6 Å². The molecule has 0 saturated carbocycles. The molecule has 1 rings (SSSR count). The highest BCUT2D eigenvalue weighted by Gasteiger charge is 2.11. The Morgan fingerprint density at radius 2 is 2.11 bits per heavy atom. The molecule has 1 aromatic heterocycles. The number of carbonyl (C=O) groups is 1. The second-order valence-corrected chi connectivity index (χ2v) is 4.62. The zero-order chi connectivity index (χ0) is 13.4. The van der Waals surface area contributed by atoms with Crippen LogP contribution in [0.4, 0.5) is 0 Å². The van der Waals surface area contributed by atoms with Gasteiger partial charge in [0.05, 0.1) is 6.61 Å². The molecule has 102 valence electrons. The first-order chi connectivity index (χ1) is 8.65. The van der Waals surface area contributed by atoms with E-state index in [0.29, 0.717) is 13.2 Å². The first-order valence-corrected chi connectivity index (χ1v) is 6.42. The summed E-state index contributed by atoms with van der Waals surface area (Å²) in [4.78, 5) is 11.7. The molecule has 0 amide bonds. The van der Waals surface area contributed by atoms with Crippen molar-refractivity contribution in [2.24, 2.45) is 5.92 Å². The highest BCUT2D eigenvalue weighted by Crippen LogP contribution is 2.08. The number of ether oxygens (including phenoxy) is 2. The predicted octanol–water partition coefficient (Wildman–Crippen LogP) is 2.38. The summed E-state index contributed by atoms with van der Waals surface area (Å²) < 4.78 is 12.4. The monoisotopic (exact) mass is 253 g/mol. The fourth-order valence-electron chi connectivity index (χ4n) is 1.64. The third-order valence-corrected chi connectivity index (χ3v) is 2.69. The Bertz CT molecular complexity index is 358. The van der Waals surface area contributed by atoms with Crippen LogP contribution in [0.2, 0.25) is 0 Å². The Balaban J connectivity index is 2.25. The Hall–Kier alpha value is -1.13. The van der Waals surface area contributed by atoms with Gasteiger partial charge in [-0.1, -0.05) is 13.8 Å². The van der Waals surface area contributed by atoms with Crippen LogP contribution in [0.3, 0.4) is 0 Å². The minimum Gasteiger partial charge on any atom is -0.385 e. The summed E-state index contributed by atoms with van der Waals surface area (Å²) in [6.07, 6.45) is 4.73. The molecule has 0 fully saturated rings. The summed E-state index contributed by atoms with van der Waals surface area (Å²) in [5, 5.41) is 0. The quantitative estimate of drug-likeness (QED) is 0.501. The van der Waals surface area contributed by atoms with Crippen LogP contribution in [-0.2, 0) is 16.0 Å². The van der Waals surface area contributed by atoms with Gasteiger partial charge in [-0.2, -0.15) is 0 Å². The number of Topliss-reactive ketones (excluding diaryl/α,β-unsaturated/α-hetero) is 1.